The van der Waals surface area contributed by atoms with E-state index in [1.807, 2.05) is 4.90 Å². The third-order valence-electron chi connectivity index (χ3n) is 4.18. The Bertz CT molecular complexity index is 717. The molecule has 25 heavy (non-hydrogen) atoms. The van der Waals surface area contributed by atoms with Crippen LogP contribution in [0.5, 0.6) is 0 Å². The first kappa shape index (κ1) is 19.6. The number of nitro groups is 1. The lowest BCUT2D eigenvalue weighted by Gasteiger charge is -2.31. The number of anilines is 1. The number of sulfonamides is 1. The van der Waals surface area contributed by atoms with Crippen molar-refractivity contribution < 1.29 is 23.0 Å². The van der Waals surface area contributed by atoms with Gasteiger partial charge in [-0.05, 0) is 19.1 Å². The molecule has 1 fully saturated rings. The summed E-state index contributed by atoms with van der Waals surface area (Å²) in [6.45, 7) is 5.03. The minimum absolute atomic E-state index is 0.120. The molecule has 1 aliphatic rings. The fourth-order valence-electron chi connectivity index (χ4n) is 2.83. The Balaban J connectivity index is 2.31. The van der Waals surface area contributed by atoms with Gasteiger partial charge in [-0.15, -0.1) is 0 Å². The number of likely N-dealkylation sites (N-methyl/N-ethyl adjacent to an activating group) is 1. The number of quaternary nitrogens is 1. The van der Waals surface area contributed by atoms with E-state index in [0.717, 1.165) is 19.2 Å². The molecule has 2 N–H and O–H groups in total. The molecule has 1 saturated heterocycles. The topological polar surface area (TPSA) is 106 Å². The number of benzene rings is 1. The fourth-order valence-corrected chi connectivity index (χ4v) is 4.08. The number of nitrogens with zero attached hydrogens (tertiary/aromatic N) is 2. The van der Waals surface area contributed by atoms with Crippen LogP contribution in [-0.2, 0) is 14.8 Å². The number of methoxy groups -OCH3 is 1. The normalized spacial score (nSPS) is 17.5. The van der Waals surface area contributed by atoms with E-state index in [1.54, 1.807) is 6.92 Å². The van der Waals surface area contributed by atoms with E-state index >= 15 is 0 Å². The van der Waals surface area contributed by atoms with Crippen molar-refractivity contribution >= 4 is 21.4 Å². The summed E-state index contributed by atoms with van der Waals surface area (Å²) in [6.07, 6.45) is 0. The van der Waals surface area contributed by atoms with Crippen molar-refractivity contribution in [1.82, 2.24) is 4.72 Å². The Morgan fingerprint density at radius 2 is 2.04 bits per heavy atom. The van der Waals surface area contributed by atoms with E-state index in [1.165, 1.54) is 24.1 Å². The highest BCUT2D eigenvalue weighted by atomic mass is 32.2. The summed E-state index contributed by atoms with van der Waals surface area (Å²) in [7, 11) is -0.299. The van der Waals surface area contributed by atoms with Crippen molar-refractivity contribution in [1.29, 1.82) is 0 Å². The predicted octanol–water partition coefficient (Wildman–Crippen LogP) is -0.757. The molecule has 10 heteroatoms. The van der Waals surface area contributed by atoms with Crippen LogP contribution in [0.4, 0.5) is 11.4 Å². The molecule has 2 rings (SSSR count). The SMILES string of the molecule is COC[C@@H](C)NS(=O)(=O)c1ccc(N2CC[NH+](C)CC2)c([N+](=O)[O-])c1. The number of ether oxygens (including phenoxy) is 1. The van der Waals surface area contributed by atoms with Crippen molar-refractivity contribution in [2.24, 2.45) is 0 Å². The number of nitro benzene ring substituents is 1. The molecular formula is C15H25N4O5S+. The Hall–Kier alpha value is -1.75. The molecule has 140 valence electrons. The average Bonchev–Trinajstić information content (AvgIpc) is 2.54. The zero-order valence-electron chi connectivity index (χ0n) is 14.7. The van der Waals surface area contributed by atoms with Gasteiger partial charge in [-0.25, -0.2) is 13.1 Å². The quantitative estimate of drug-likeness (QED) is 0.481. The van der Waals surface area contributed by atoms with Gasteiger partial charge in [0.2, 0.25) is 10.0 Å². The summed E-state index contributed by atoms with van der Waals surface area (Å²) in [5.41, 5.74) is 0.267. The largest absolute Gasteiger partial charge is 0.383 e. The van der Waals surface area contributed by atoms with Gasteiger partial charge in [-0.2, -0.15) is 0 Å². The maximum absolute atomic E-state index is 12.4. The molecule has 0 saturated carbocycles. The molecule has 1 aliphatic heterocycles. The first-order valence-corrected chi connectivity index (χ1v) is 9.59. The van der Waals surface area contributed by atoms with Crippen LogP contribution in [-0.4, -0.2) is 66.3 Å². The summed E-state index contributed by atoms with van der Waals surface area (Å²) in [5, 5.41) is 11.5. The maximum Gasteiger partial charge on any atom is 0.293 e. The number of hydrogen-bond acceptors (Lipinski definition) is 6. The van der Waals surface area contributed by atoms with E-state index in [2.05, 4.69) is 11.8 Å². The van der Waals surface area contributed by atoms with Gasteiger partial charge in [0, 0.05) is 19.2 Å². The van der Waals surface area contributed by atoms with Gasteiger partial charge in [0.05, 0.1) is 49.7 Å². The third-order valence-corrected chi connectivity index (χ3v) is 5.77. The first-order chi connectivity index (χ1) is 11.7. The van der Waals surface area contributed by atoms with E-state index in [0.29, 0.717) is 18.8 Å². The minimum Gasteiger partial charge on any atom is -0.383 e. The molecule has 0 aromatic heterocycles. The second-order valence-corrected chi connectivity index (χ2v) is 8.04. The molecule has 0 radical (unpaired) electrons. The molecule has 1 heterocycles. The molecule has 0 amide bonds. The molecule has 0 aliphatic carbocycles. The highest BCUT2D eigenvalue weighted by Crippen LogP contribution is 2.30. The molecule has 1 aromatic rings. The van der Waals surface area contributed by atoms with Crippen LogP contribution < -0.4 is 14.5 Å². The predicted molar refractivity (Wildman–Crippen MR) is 93.6 cm³/mol. The number of rotatable bonds is 7. The Morgan fingerprint density at radius 1 is 1.40 bits per heavy atom. The Kier molecular flexibility index (Phi) is 6.33. The molecule has 1 aromatic carbocycles. The lowest BCUT2D eigenvalue weighted by atomic mass is 10.2. The van der Waals surface area contributed by atoms with Crippen LogP contribution in [0.15, 0.2) is 23.1 Å². The molecule has 1 atom stereocenters. The van der Waals surface area contributed by atoms with E-state index in [4.69, 9.17) is 4.74 Å². The second kappa shape index (κ2) is 8.09. The summed E-state index contributed by atoms with van der Waals surface area (Å²) < 4.78 is 32.2. The molecule has 0 bridgehead atoms. The average molecular weight is 373 g/mol. The Labute approximate surface area is 147 Å². The highest BCUT2D eigenvalue weighted by molar-refractivity contribution is 7.89. The zero-order chi connectivity index (χ0) is 18.6. The fraction of sp³-hybridized carbons (Fsp3) is 0.600. The third kappa shape index (κ3) is 4.88. The summed E-state index contributed by atoms with van der Waals surface area (Å²) in [6, 6.07) is 3.63. The van der Waals surface area contributed by atoms with Crippen LogP contribution in [0.1, 0.15) is 6.92 Å². The Morgan fingerprint density at radius 3 is 2.60 bits per heavy atom. The zero-order valence-corrected chi connectivity index (χ0v) is 15.5. The lowest BCUT2D eigenvalue weighted by molar-refractivity contribution is -0.880. The standard InChI is InChI=1S/C15H24N4O5S/c1-12(11-24-3)16-25(22,23)13-4-5-14(15(10-13)19(20)21)18-8-6-17(2)7-9-18/h4-5,10,12,16H,6-9,11H2,1-3H3/p+1/t12-/m1/s1. The van der Waals surface area contributed by atoms with E-state index < -0.39 is 21.0 Å². The van der Waals surface area contributed by atoms with Crippen molar-refractivity contribution in [3.63, 3.8) is 0 Å². The maximum atomic E-state index is 12.4. The van der Waals surface area contributed by atoms with Crippen LogP contribution in [0.3, 0.4) is 0 Å². The van der Waals surface area contributed by atoms with E-state index in [9.17, 15) is 18.5 Å². The van der Waals surface area contributed by atoms with Crippen molar-refractivity contribution in [3.8, 4) is 0 Å². The number of nitrogens with one attached hydrogen (secondary N) is 2. The molecule has 0 unspecified atom stereocenters. The molecule has 9 nitrogen and oxygen atoms in total. The lowest BCUT2D eigenvalue weighted by Crippen LogP contribution is -3.12. The monoisotopic (exact) mass is 373 g/mol. The van der Waals surface area contributed by atoms with Gasteiger partial charge in [0.15, 0.2) is 0 Å². The minimum atomic E-state index is -3.85. The van der Waals surface area contributed by atoms with Gasteiger partial charge in [-0.1, -0.05) is 0 Å². The molecule has 0 spiro atoms. The van der Waals surface area contributed by atoms with Gasteiger partial charge < -0.3 is 14.5 Å². The van der Waals surface area contributed by atoms with Gasteiger partial charge in [-0.3, -0.25) is 10.1 Å². The van der Waals surface area contributed by atoms with Crippen LogP contribution in [0, 0.1) is 10.1 Å². The first-order valence-electron chi connectivity index (χ1n) is 8.10. The van der Waals surface area contributed by atoms with Gasteiger partial charge >= 0.3 is 0 Å². The summed E-state index contributed by atoms with van der Waals surface area (Å²) >= 11 is 0. The van der Waals surface area contributed by atoms with Crippen molar-refractivity contribution in [2.75, 3.05) is 51.8 Å². The number of piperazine rings is 1. The van der Waals surface area contributed by atoms with Gasteiger partial charge in [0.1, 0.15) is 5.69 Å². The summed E-state index contributed by atoms with van der Waals surface area (Å²) in [5.74, 6) is 0. The van der Waals surface area contributed by atoms with Crippen LogP contribution in [0.2, 0.25) is 0 Å². The smallest absolute Gasteiger partial charge is 0.293 e. The van der Waals surface area contributed by atoms with Gasteiger partial charge in [0.25, 0.3) is 5.69 Å². The van der Waals surface area contributed by atoms with Crippen LogP contribution in [0.25, 0.3) is 0 Å². The van der Waals surface area contributed by atoms with Crippen molar-refractivity contribution in [3.05, 3.63) is 28.3 Å². The van der Waals surface area contributed by atoms with Crippen molar-refractivity contribution in [2.45, 2.75) is 17.9 Å². The second-order valence-electron chi connectivity index (χ2n) is 6.33. The van der Waals surface area contributed by atoms with Crippen LogP contribution >= 0.6 is 0 Å². The van der Waals surface area contributed by atoms with E-state index in [-0.39, 0.29) is 17.2 Å². The molecular weight excluding hydrogens is 348 g/mol. The summed E-state index contributed by atoms with van der Waals surface area (Å²) in [4.78, 5) is 14.1. The number of hydrogen-bond donors (Lipinski definition) is 2. The highest BCUT2D eigenvalue weighted by Gasteiger charge is 2.27.